The maximum atomic E-state index is 11.2. The molecule has 0 saturated heterocycles. The third-order valence-electron chi connectivity index (χ3n) is 7.10. The number of carbonyl (C=O) groups is 1. The monoisotopic (exact) mass is 630 g/mol. The number of benzene rings is 3. The van der Waals surface area contributed by atoms with Crippen LogP contribution in [-0.2, 0) is 24.2 Å². The van der Waals surface area contributed by atoms with Gasteiger partial charge in [-0.1, -0.05) is 43.9 Å². The van der Waals surface area contributed by atoms with E-state index in [2.05, 4.69) is 37.9 Å². The van der Waals surface area contributed by atoms with Crippen LogP contribution in [0, 0.1) is 12.8 Å². The third-order valence-corrected chi connectivity index (χ3v) is 8.28. The van der Waals surface area contributed by atoms with Gasteiger partial charge in [0.1, 0.15) is 11.5 Å². The van der Waals surface area contributed by atoms with Crippen molar-refractivity contribution in [2.45, 2.75) is 58.5 Å². The Labute approximate surface area is 235 Å². The van der Waals surface area contributed by atoms with E-state index in [1.807, 2.05) is 31.2 Å². The maximum Gasteiger partial charge on any atom is 0.307 e. The molecule has 7 heteroatoms. The molecule has 2 N–H and O–H groups in total. The van der Waals surface area contributed by atoms with Crippen LogP contribution in [0.5, 0.6) is 17.2 Å². The van der Waals surface area contributed by atoms with Crippen LogP contribution in [0.4, 0.5) is 0 Å². The second-order valence-corrected chi connectivity index (χ2v) is 11.4. The lowest BCUT2D eigenvalue weighted by Crippen LogP contribution is -2.03. The van der Waals surface area contributed by atoms with Gasteiger partial charge in [-0.15, -0.1) is 0 Å². The molecule has 4 rings (SSSR count). The van der Waals surface area contributed by atoms with E-state index in [-0.39, 0.29) is 13.0 Å². The molecule has 3 aromatic rings. The van der Waals surface area contributed by atoms with E-state index in [9.17, 15) is 15.0 Å². The average molecular weight is 632 g/mol. The fourth-order valence-corrected chi connectivity index (χ4v) is 6.71. The Morgan fingerprint density at radius 1 is 1.03 bits per heavy atom. The van der Waals surface area contributed by atoms with Crippen LogP contribution < -0.4 is 9.47 Å². The van der Waals surface area contributed by atoms with Crippen molar-refractivity contribution >= 4 is 37.8 Å². The lowest BCUT2D eigenvalue weighted by atomic mass is 9.91. The van der Waals surface area contributed by atoms with Gasteiger partial charge in [-0.25, -0.2) is 0 Å². The van der Waals surface area contributed by atoms with E-state index in [1.54, 1.807) is 19.2 Å². The van der Waals surface area contributed by atoms with E-state index in [0.29, 0.717) is 26.0 Å². The summed E-state index contributed by atoms with van der Waals surface area (Å²) in [5.74, 6) is 1.87. The first-order chi connectivity index (χ1) is 17.8. The minimum atomic E-state index is -0.895. The number of methoxy groups -OCH3 is 1. The Balaban J connectivity index is 1.82. The minimum Gasteiger partial charge on any atom is -0.496 e. The van der Waals surface area contributed by atoms with Crippen LogP contribution in [0.15, 0.2) is 51.4 Å². The van der Waals surface area contributed by atoms with E-state index < -0.39 is 5.97 Å². The van der Waals surface area contributed by atoms with Gasteiger partial charge in [0.25, 0.3) is 0 Å². The Bertz CT molecular complexity index is 1260. The van der Waals surface area contributed by atoms with Crippen molar-refractivity contribution in [3.05, 3.63) is 73.7 Å². The molecule has 0 spiro atoms. The number of hydrogen-bond donors (Lipinski definition) is 2. The number of ether oxygens (including phenoxy) is 2. The highest BCUT2D eigenvalue weighted by molar-refractivity contribution is 9.11. The quantitative estimate of drug-likeness (QED) is 0.236. The van der Waals surface area contributed by atoms with E-state index in [0.717, 1.165) is 52.3 Å². The van der Waals surface area contributed by atoms with Crippen molar-refractivity contribution in [2.24, 2.45) is 5.92 Å². The van der Waals surface area contributed by atoms with Crippen molar-refractivity contribution < 1.29 is 24.5 Å². The van der Waals surface area contributed by atoms with Crippen molar-refractivity contribution in [2.75, 3.05) is 7.11 Å². The Morgan fingerprint density at radius 2 is 1.73 bits per heavy atom. The molecule has 37 heavy (non-hydrogen) atoms. The molecule has 0 radical (unpaired) electrons. The number of aliphatic hydroxyl groups excluding tert-OH is 1. The van der Waals surface area contributed by atoms with Crippen LogP contribution in [-0.4, -0.2) is 23.3 Å². The highest BCUT2D eigenvalue weighted by Gasteiger charge is 2.22. The summed E-state index contributed by atoms with van der Waals surface area (Å²) < 4.78 is 13.7. The summed E-state index contributed by atoms with van der Waals surface area (Å²) >= 11 is 7.16. The van der Waals surface area contributed by atoms with E-state index >= 15 is 0 Å². The fraction of sp³-hybridized carbons (Fsp3) is 0.367. The summed E-state index contributed by atoms with van der Waals surface area (Å²) in [6.45, 7) is 1.92. The van der Waals surface area contributed by atoms with Crippen molar-refractivity contribution in [3.8, 4) is 28.4 Å². The molecule has 0 bridgehead atoms. The largest absolute Gasteiger partial charge is 0.496 e. The molecule has 3 aromatic carbocycles. The molecule has 1 aliphatic carbocycles. The van der Waals surface area contributed by atoms with Gasteiger partial charge in [0.15, 0.2) is 5.75 Å². The summed E-state index contributed by atoms with van der Waals surface area (Å²) in [6, 6.07) is 13.5. The molecule has 1 aliphatic rings. The lowest BCUT2D eigenvalue weighted by Gasteiger charge is -2.21. The predicted octanol–water partition coefficient (Wildman–Crippen LogP) is 8.23. The molecule has 5 nitrogen and oxygen atoms in total. The van der Waals surface area contributed by atoms with Crippen LogP contribution >= 0.6 is 31.9 Å². The molecule has 0 unspecified atom stereocenters. The SMILES string of the molecule is COc1cc(-c2c(C)cccc2CO)c(Oc2c(Br)cc(CC(=O)O)cc2Br)cc1CCC1CCCC1. The fourth-order valence-electron chi connectivity index (χ4n) is 5.27. The van der Waals surface area contributed by atoms with Crippen molar-refractivity contribution in [1.82, 2.24) is 0 Å². The topological polar surface area (TPSA) is 76.0 Å². The first-order valence-corrected chi connectivity index (χ1v) is 14.2. The summed E-state index contributed by atoms with van der Waals surface area (Å²) in [5, 5.41) is 19.3. The van der Waals surface area contributed by atoms with Gasteiger partial charge in [-0.05, 0) is 110 Å². The number of aryl methyl sites for hydroxylation is 2. The predicted molar refractivity (Wildman–Crippen MR) is 153 cm³/mol. The number of carboxylic acids is 1. The average Bonchev–Trinajstić information content (AvgIpc) is 3.38. The van der Waals surface area contributed by atoms with Gasteiger partial charge < -0.3 is 19.7 Å². The van der Waals surface area contributed by atoms with Gasteiger partial charge in [-0.2, -0.15) is 0 Å². The zero-order chi connectivity index (χ0) is 26.5. The number of halogens is 2. The Hall–Kier alpha value is -2.35. The highest BCUT2D eigenvalue weighted by atomic mass is 79.9. The van der Waals surface area contributed by atoms with Crippen LogP contribution in [0.25, 0.3) is 11.1 Å². The van der Waals surface area contributed by atoms with Gasteiger partial charge in [0.05, 0.1) is 29.1 Å². The molecule has 0 aliphatic heterocycles. The molecule has 1 saturated carbocycles. The van der Waals surface area contributed by atoms with Crippen LogP contribution in [0.3, 0.4) is 0 Å². The molecular formula is C30H32Br2O5. The van der Waals surface area contributed by atoms with Gasteiger partial charge in [0.2, 0.25) is 0 Å². The molecule has 0 heterocycles. The standard InChI is InChI=1S/C30H32Br2O5/c1-18-6-5-9-22(17-33)29(18)23-16-26(36-2)21(11-10-19-7-3-4-8-19)15-27(23)37-30-24(31)12-20(13-25(30)32)14-28(34)35/h5-6,9,12-13,15-16,19,33H,3-4,7-8,10-11,14,17H2,1-2H3,(H,34,35). The second-order valence-electron chi connectivity index (χ2n) is 9.68. The van der Waals surface area contributed by atoms with Crippen LogP contribution in [0.1, 0.15) is 54.4 Å². The number of aliphatic carboxylic acids is 1. The summed E-state index contributed by atoms with van der Waals surface area (Å²) in [6.07, 6.45) is 7.12. The number of carboxylic acid groups (broad SMARTS) is 1. The van der Waals surface area contributed by atoms with Gasteiger partial charge in [-0.3, -0.25) is 4.79 Å². The zero-order valence-electron chi connectivity index (χ0n) is 21.2. The number of rotatable bonds is 10. The molecule has 0 atom stereocenters. The van der Waals surface area contributed by atoms with E-state index in [4.69, 9.17) is 9.47 Å². The number of aliphatic hydroxyl groups is 1. The first-order valence-electron chi connectivity index (χ1n) is 12.6. The lowest BCUT2D eigenvalue weighted by molar-refractivity contribution is -0.136. The first kappa shape index (κ1) is 27.7. The molecule has 0 aromatic heterocycles. The normalized spacial score (nSPS) is 13.6. The Morgan fingerprint density at radius 3 is 2.35 bits per heavy atom. The number of hydrogen-bond acceptors (Lipinski definition) is 4. The highest BCUT2D eigenvalue weighted by Crippen LogP contribution is 2.45. The molecular weight excluding hydrogens is 600 g/mol. The van der Waals surface area contributed by atoms with Gasteiger partial charge in [0, 0.05) is 5.56 Å². The summed E-state index contributed by atoms with van der Waals surface area (Å²) in [7, 11) is 1.69. The summed E-state index contributed by atoms with van der Waals surface area (Å²) in [4.78, 5) is 11.2. The smallest absolute Gasteiger partial charge is 0.307 e. The van der Waals surface area contributed by atoms with Crippen molar-refractivity contribution in [1.29, 1.82) is 0 Å². The van der Waals surface area contributed by atoms with E-state index in [1.165, 1.54) is 25.7 Å². The minimum absolute atomic E-state index is 0.0837. The zero-order valence-corrected chi connectivity index (χ0v) is 24.3. The summed E-state index contributed by atoms with van der Waals surface area (Å²) in [5.41, 5.74) is 5.31. The Kier molecular flexibility index (Phi) is 9.32. The molecule has 0 amide bonds. The van der Waals surface area contributed by atoms with Crippen molar-refractivity contribution in [3.63, 3.8) is 0 Å². The van der Waals surface area contributed by atoms with Gasteiger partial charge >= 0.3 is 5.97 Å². The second kappa shape index (κ2) is 12.5. The molecule has 196 valence electrons. The molecule has 1 fully saturated rings. The maximum absolute atomic E-state index is 11.2. The third kappa shape index (κ3) is 6.57. The van der Waals surface area contributed by atoms with Crippen LogP contribution in [0.2, 0.25) is 0 Å².